The normalized spacial score (nSPS) is 12.1. The van der Waals surface area contributed by atoms with Gasteiger partial charge in [-0.15, -0.1) is 0 Å². The van der Waals surface area contributed by atoms with Crippen molar-refractivity contribution in [2.45, 2.75) is 13.0 Å². The topological polar surface area (TPSA) is 94.3 Å². The number of nitrogens with zero attached hydrogens (tertiary/aromatic N) is 1. The van der Waals surface area contributed by atoms with Gasteiger partial charge in [0.15, 0.2) is 16.7 Å². The fourth-order valence-electron chi connectivity index (χ4n) is 2.23. The number of carbonyl (C=O) groups excluding carboxylic acids is 1. The Labute approximate surface area is 137 Å². The van der Waals surface area contributed by atoms with Crippen LogP contribution in [0.15, 0.2) is 51.4 Å². The van der Waals surface area contributed by atoms with Crippen LogP contribution in [-0.2, 0) is 0 Å². The Bertz CT molecular complexity index is 826. The Hall–Kier alpha value is -2.73. The van der Waals surface area contributed by atoms with Gasteiger partial charge in [0.2, 0.25) is 5.88 Å². The summed E-state index contributed by atoms with van der Waals surface area (Å²) < 4.78 is 10.2. The second-order valence-electron chi connectivity index (χ2n) is 4.98. The minimum absolute atomic E-state index is 0.0784. The summed E-state index contributed by atoms with van der Waals surface area (Å²) in [6.07, 6.45) is 0. The highest BCUT2D eigenvalue weighted by Crippen LogP contribution is 2.30. The Morgan fingerprint density at radius 2 is 2.00 bits per heavy atom. The maximum Gasteiger partial charge on any atom is 0.259 e. The summed E-state index contributed by atoms with van der Waals surface area (Å²) in [6.45, 7) is 1.88. The molecule has 2 aromatic heterocycles. The lowest BCUT2D eigenvalue weighted by Crippen LogP contribution is -2.27. The third kappa shape index (κ3) is 3.07. The number of benzene rings is 1. The van der Waals surface area contributed by atoms with Crippen molar-refractivity contribution in [1.29, 1.82) is 0 Å². The molecule has 0 bridgehead atoms. The van der Waals surface area contributed by atoms with Crippen molar-refractivity contribution in [3.8, 4) is 11.5 Å². The van der Waals surface area contributed by atoms with Crippen molar-refractivity contribution in [2.24, 2.45) is 0 Å². The van der Waals surface area contributed by atoms with Crippen LogP contribution in [-0.4, -0.2) is 11.1 Å². The number of furan rings is 1. The molecule has 3 rings (SSSR count). The molecule has 0 aliphatic carbocycles. The van der Waals surface area contributed by atoms with Crippen molar-refractivity contribution < 1.29 is 13.7 Å². The van der Waals surface area contributed by atoms with Crippen LogP contribution in [0.4, 0.5) is 5.88 Å². The average molecular weight is 332 g/mol. The highest BCUT2D eigenvalue weighted by molar-refractivity contribution is 6.29. The number of nitrogen functional groups attached to an aromatic ring is 1. The van der Waals surface area contributed by atoms with Crippen LogP contribution in [0.1, 0.15) is 28.9 Å². The Kier molecular flexibility index (Phi) is 4.08. The maximum absolute atomic E-state index is 12.5. The zero-order valence-corrected chi connectivity index (χ0v) is 13.0. The van der Waals surface area contributed by atoms with Gasteiger partial charge in [-0.25, -0.2) is 0 Å². The maximum atomic E-state index is 12.5. The van der Waals surface area contributed by atoms with Gasteiger partial charge in [0.25, 0.3) is 5.91 Å². The fourth-order valence-corrected chi connectivity index (χ4v) is 2.37. The number of hydrogen-bond donors (Lipinski definition) is 2. The number of halogens is 1. The van der Waals surface area contributed by atoms with Gasteiger partial charge >= 0.3 is 0 Å². The quantitative estimate of drug-likeness (QED) is 0.760. The molecule has 23 heavy (non-hydrogen) atoms. The molecule has 1 amide bonds. The highest BCUT2D eigenvalue weighted by atomic mass is 35.5. The average Bonchev–Trinajstić information content (AvgIpc) is 3.13. The molecule has 7 heteroatoms. The molecule has 6 nitrogen and oxygen atoms in total. The first-order valence-electron chi connectivity index (χ1n) is 6.93. The lowest BCUT2D eigenvalue weighted by atomic mass is 10.1. The Balaban J connectivity index is 1.87. The van der Waals surface area contributed by atoms with E-state index in [0.717, 1.165) is 5.56 Å². The molecule has 0 saturated carbocycles. The number of anilines is 1. The second-order valence-corrected chi connectivity index (χ2v) is 5.35. The van der Waals surface area contributed by atoms with Crippen molar-refractivity contribution in [1.82, 2.24) is 10.5 Å². The molecule has 2 heterocycles. The van der Waals surface area contributed by atoms with E-state index in [1.165, 1.54) is 0 Å². The summed E-state index contributed by atoms with van der Waals surface area (Å²) in [7, 11) is 0. The monoisotopic (exact) mass is 331 g/mol. The van der Waals surface area contributed by atoms with E-state index in [4.69, 9.17) is 26.3 Å². The molecule has 0 aliphatic rings. The van der Waals surface area contributed by atoms with E-state index < -0.39 is 5.91 Å². The number of nitrogens with one attached hydrogen (secondary N) is 1. The number of hydrogen-bond acceptors (Lipinski definition) is 5. The minimum Gasteiger partial charge on any atom is -0.443 e. The first-order valence-corrected chi connectivity index (χ1v) is 7.30. The molecule has 1 unspecified atom stereocenters. The fraction of sp³-hybridized carbons (Fsp3) is 0.125. The van der Waals surface area contributed by atoms with Crippen molar-refractivity contribution in [2.75, 3.05) is 5.73 Å². The first-order chi connectivity index (χ1) is 11.1. The van der Waals surface area contributed by atoms with Crippen molar-refractivity contribution >= 4 is 23.4 Å². The number of amides is 1. The second kappa shape index (κ2) is 6.18. The Morgan fingerprint density at radius 1 is 1.26 bits per heavy atom. The van der Waals surface area contributed by atoms with Gasteiger partial charge in [-0.05, 0) is 36.2 Å². The summed E-state index contributed by atoms with van der Waals surface area (Å²) in [5.74, 6) is -0.166. The first kappa shape index (κ1) is 15.2. The lowest BCUT2D eigenvalue weighted by Gasteiger charge is -2.13. The van der Waals surface area contributed by atoms with Crippen LogP contribution in [0.5, 0.6) is 0 Å². The van der Waals surface area contributed by atoms with Gasteiger partial charge in [0, 0.05) is 0 Å². The van der Waals surface area contributed by atoms with Crippen molar-refractivity contribution in [3.05, 3.63) is 58.8 Å². The van der Waals surface area contributed by atoms with Gasteiger partial charge < -0.3 is 20.0 Å². The third-order valence-electron chi connectivity index (χ3n) is 3.40. The van der Waals surface area contributed by atoms with Gasteiger partial charge in [0.1, 0.15) is 5.56 Å². The molecular formula is C16H14ClN3O3. The molecule has 0 aliphatic heterocycles. The van der Waals surface area contributed by atoms with E-state index in [9.17, 15) is 4.79 Å². The van der Waals surface area contributed by atoms with E-state index in [0.29, 0.717) is 5.76 Å². The number of rotatable bonds is 4. The zero-order chi connectivity index (χ0) is 16.4. The molecule has 118 valence electrons. The SMILES string of the molecule is CC(NC(=O)c1c(-c2ccc(Cl)o2)noc1N)c1ccccc1. The van der Waals surface area contributed by atoms with E-state index in [-0.39, 0.29) is 28.4 Å². The van der Waals surface area contributed by atoms with Crippen molar-refractivity contribution in [3.63, 3.8) is 0 Å². The van der Waals surface area contributed by atoms with E-state index >= 15 is 0 Å². The third-order valence-corrected chi connectivity index (χ3v) is 3.60. The van der Waals surface area contributed by atoms with Gasteiger partial charge in [-0.3, -0.25) is 4.79 Å². The summed E-state index contributed by atoms with van der Waals surface area (Å²) >= 11 is 5.76. The van der Waals surface area contributed by atoms with E-state index in [2.05, 4.69) is 10.5 Å². The standard InChI is InChI=1S/C16H14ClN3O3/c1-9(10-5-3-2-4-6-10)19-16(21)13-14(20-23-15(13)18)11-7-8-12(17)22-11/h2-9H,18H2,1H3,(H,19,21). The number of aromatic nitrogens is 1. The van der Waals surface area contributed by atoms with Crippen LogP contribution in [0.3, 0.4) is 0 Å². The predicted molar refractivity (Wildman–Crippen MR) is 86.0 cm³/mol. The van der Waals surface area contributed by atoms with Crippen LogP contribution < -0.4 is 11.1 Å². The lowest BCUT2D eigenvalue weighted by molar-refractivity contribution is 0.0941. The van der Waals surface area contributed by atoms with Crippen LogP contribution in [0, 0.1) is 0 Å². The predicted octanol–water partition coefficient (Wildman–Crippen LogP) is 3.66. The number of carbonyl (C=O) groups is 1. The molecule has 1 aromatic carbocycles. The summed E-state index contributed by atoms with van der Waals surface area (Å²) in [5, 5.41) is 6.84. The van der Waals surface area contributed by atoms with E-state index in [1.54, 1.807) is 12.1 Å². The molecule has 3 N–H and O–H groups in total. The summed E-state index contributed by atoms with van der Waals surface area (Å²) in [6, 6.07) is 12.5. The smallest absolute Gasteiger partial charge is 0.259 e. The Morgan fingerprint density at radius 3 is 2.65 bits per heavy atom. The minimum atomic E-state index is -0.400. The van der Waals surface area contributed by atoms with Gasteiger partial charge in [-0.1, -0.05) is 35.5 Å². The molecule has 0 spiro atoms. The molecule has 0 saturated heterocycles. The molecule has 1 atom stereocenters. The molecule has 3 aromatic rings. The number of nitrogens with two attached hydrogens (primary N) is 1. The zero-order valence-electron chi connectivity index (χ0n) is 12.2. The van der Waals surface area contributed by atoms with Crippen LogP contribution in [0.25, 0.3) is 11.5 Å². The van der Waals surface area contributed by atoms with Crippen LogP contribution in [0.2, 0.25) is 5.22 Å². The molecule has 0 fully saturated rings. The molecular weight excluding hydrogens is 318 g/mol. The summed E-state index contributed by atoms with van der Waals surface area (Å²) in [5.41, 5.74) is 7.05. The van der Waals surface area contributed by atoms with E-state index in [1.807, 2.05) is 37.3 Å². The van der Waals surface area contributed by atoms with Gasteiger partial charge in [-0.2, -0.15) is 0 Å². The summed E-state index contributed by atoms with van der Waals surface area (Å²) in [4.78, 5) is 12.5. The highest BCUT2D eigenvalue weighted by Gasteiger charge is 2.25. The van der Waals surface area contributed by atoms with Crippen LogP contribution >= 0.6 is 11.6 Å². The molecule has 0 radical (unpaired) electrons. The largest absolute Gasteiger partial charge is 0.443 e. The van der Waals surface area contributed by atoms with Gasteiger partial charge in [0.05, 0.1) is 6.04 Å².